The first-order valence-corrected chi connectivity index (χ1v) is 10.4. The molecule has 1 N–H and O–H groups in total. The molecule has 6 nitrogen and oxygen atoms in total. The second kappa shape index (κ2) is 7.06. The summed E-state index contributed by atoms with van der Waals surface area (Å²) in [7, 11) is -3.67. The zero-order valence-corrected chi connectivity index (χ0v) is 15.3. The normalized spacial score (nSPS) is 13.5. The third-order valence-corrected chi connectivity index (χ3v) is 6.02. The fourth-order valence-electron chi connectivity index (χ4n) is 2.62. The van der Waals surface area contributed by atoms with Crippen LogP contribution >= 0.6 is 11.3 Å². The molecule has 0 fully saturated rings. The second-order valence-corrected chi connectivity index (χ2v) is 8.27. The van der Waals surface area contributed by atoms with Gasteiger partial charge in [-0.3, -0.25) is 4.98 Å². The molecule has 0 spiro atoms. The molecule has 0 aliphatic carbocycles. The minimum atomic E-state index is -3.67. The van der Waals surface area contributed by atoms with Gasteiger partial charge in [0, 0.05) is 30.6 Å². The number of fused-ring (bicyclic) bond motifs is 1. The number of ether oxygens (including phenoxy) is 2. The summed E-state index contributed by atoms with van der Waals surface area (Å²) >= 11 is 1.60. The van der Waals surface area contributed by atoms with E-state index in [4.69, 9.17) is 9.47 Å². The van der Waals surface area contributed by atoms with Crippen LogP contribution in [0.15, 0.2) is 58.4 Å². The Morgan fingerprint density at radius 3 is 2.69 bits per heavy atom. The first kappa shape index (κ1) is 17.0. The zero-order chi connectivity index (χ0) is 18.0. The van der Waals surface area contributed by atoms with E-state index in [0.29, 0.717) is 24.7 Å². The van der Waals surface area contributed by atoms with Crippen molar-refractivity contribution in [2.45, 2.75) is 11.4 Å². The summed E-state index contributed by atoms with van der Waals surface area (Å²) in [6.07, 6.45) is 3.42. The summed E-state index contributed by atoms with van der Waals surface area (Å²) in [6, 6.07) is 8.54. The summed E-state index contributed by atoms with van der Waals surface area (Å²) < 4.78 is 38.6. The molecule has 3 heterocycles. The summed E-state index contributed by atoms with van der Waals surface area (Å²) in [5.41, 5.74) is 2.82. The van der Waals surface area contributed by atoms with Crippen LogP contribution in [-0.4, -0.2) is 26.6 Å². The van der Waals surface area contributed by atoms with E-state index in [-0.39, 0.29) is 11.4 Å². The molecule has 26 heavy (non-hydrogen) atoms. The maximum Gasteiger partial charge on any atom is 0.241 e. The molecule has 3 aromatic rings. The number of hydrogen-bond acceptors (Lipinski definition) is 6. The van der Waals surface area contributed by atoms with E-state index in [2.05, 4.69) is 9.71 Å². The van der Waals surface area contributed by atoms with Crippen LogP contribution in [0.3, 0.4) is 0 Å². The van der Waals surface area contributed by atoms with Gasteiger partial charge in [0.05, 0.1) is 4.90 Å². The third kappa shape index (κ3) is 3.57. The van der Waals surface area contributed by atoms with Gasteiger partial charge < -0.3 is 9.47 Å². The molecule has 1 aliphatic heterocycles. The highest BCUT2D eigenvalue weighted by molar-refractivity contribution is 7.89. The van der Waals surface area contributed by atoms with Crippen LogP contribution in [-0.2, 0) is 16.6 Å². The summed E-state index contributed by atoms with van der Waals surface area (Å²) in [6.45, 7) is 1.03. The highest BCUT2D eigenvalue weighted by Crippen LogP contribution is 2.32. The Labute approximate surface area is 155 Å². The van der Waals surface area contributed by atoms with Crippen molar-refractivity contribution in [1.82, 2.24) is 9.71 Å². The molecule has 0 amide bonds. The quantitative estimate of drug-likeness (QED) is 0.727. The van der Waals surface area contributed by atoms with Gasteiger partial charge in [0.15, 0.2) is 11.5 Å². The molecule has 1 aromatic carbocycles. The number of aromatic nitrogens is 1. The van der Waals surface area contributed by atoms with E-state index >= 15 is 0 Å². The number of nitrogens with zero attached hydrogens (tertiary/aromatic N) is 1. The highest BCUT2D eigenvalue weighted by atomic mass is 32.2. The number of rotatable bonds is 5. The molecule has 4 rings (SSSR count). The number of pyridine rings is 1. The highest BCUT2D eigenvalue weighted by Gasteiger charge is 2.19. The molecular formula is C18H16N2O4S2. The molecule has 0 saturated heterocycles. The Hall–Kier alpha value is -2.42. The van der Waals surface area contributed by atoms with Gasteiger partial charge in [-0.2, -0.15) is 11.3 Å². The van der Waals surface area contributed by atoms with Gasteiger partial charge in [-0.1, -0.05) is 0 Å². The monoisotopic (exact) mass is 388 g/mol. The van der Waals surface area contributed by atoms with Crippen LogP contribution < -0.4 is 14.2 Å². The smallest absolute Gasteiger partial charge is 0.241 e. The van der Waals surface area contributed by atoms with Gasteiger partial charge in [0.2, 0.25) is 10.0 Å². The van der Waals surface area contributed by atoms with E-state index in [1.165, 1.54) is 12.1 Å². The largest absolute Gasteiger partial charge is 0.486 e. The van der Waals surface area contributed by atoms with Crippen molar-refractivity contribution in [1.29, 1.82) is 0 Å². The first-order chi connectivity index (χ1) is 12.6. The molecule has 2 aromatic heterocycles. The van der Waals surface area contributed by atoms with Gasteiger partial charge in [-0.15, -0.1) is 0 Å². The second-order valence-electron chi connectivity index (χ2n) is 5.72. The Morgan fingerprint density at radius 1 is 1.04 bits per heavy atom. The lowest BCUT2D eigenvalue weighted by Crippen LogP contribution is -2.24. The van der Waals surface area contributed by atoms with Gasteiger partial charge >= 0.3 is 0 Å². The number of sulfonamides is 1. The van der Waals surface area contributed by atoms with E-state index < -0.39 is 10.0 Å². The molecular weight excluding hydrogens is 372 g/mol. The Balaban J connectivity index is 1.51. The maximum atomic E-state index is 12.6. The average molecular weight is 388 g/mol. The lowest BCUT2D eigenvalue weighted by molar-refractivity contribution is 0.171. The lowest BCUT2D eigenvalue weighted by atomic mass is 10.1. The molecule has 0 atom stereocenters. The van der Waals surface area contributed by atoms with Gasteiger partial charge in [-0.25, -0.2) is 13.1 Å². The Morgan fingerprint density at radius 2 is 1.88 bits per heavy atom. The fraction of sp³-hybridized carbons (Fsp3) is 0.167. The van der Waals surface area contributed by atoms with Crippen molar-refractivity contribution in [3.63, 3.8) is 0 Å². The number of nitrogens with one attached hydrogen (secondary N) is 1. The molecule has 0 bridgehead atoms. The van der Waals surface area contributed by atoms with Crippen LogP contribution in [0.2, 0.25) is 0 Å². The average Bonchev–Trinajstić information content (AvgIpc) is 3.21. The molecule has 0 radical (unpaired) electrons. The number of hydrogen-bond donors (Lipinski definition) is 1. The van der Waals surface area contributed by atoms with Crippen molar-refractivity contribution in [2.75, 3.05) is 13.2 Å². The standard InChI is InChI=1S/C18H16N2O4S2/c21-26(22,16-1-2-17-18(8-16)24-5-4-23-17)20-10-13-7-15(11-19-9-13)14-3-6-25-12-14/h1-3,6-9,11-12,20H,4-5,10H2. The molecule has 1 aliphatic rings. The minimum Gasteiger partial charge on any atom is -0.486 e. The van der Waals surface area contributed by atoms with Crippen molar-refractivity contribution in [3.8, 4) is 22.6 Å². The van der Waals surface area contributed by atoms with Crippen LogP contribution in [0.5, 0.6) is 11.5 Å². The van der Waals surface area contributed by atoms with Gasteiger partial charge in [-0.05, 0) is 46.2 Å². The Kier molecular flexibility index (Phi) is 4.62. The topological polar surface area (TPSA) is 77.5 Å². The molecule has 134 valence electrons. The molecule has 0 unspecified atom stereocenters. The van der Waals surface area contributed by atoms with Crippen LogP contribution in [0.4, 0.5) is 0 Å². The van der Waals surface area contributed by atoms with Crippen molar-refractivity contribution in [2.24, 2.45) is 0 Å². The predicted molar refractivity (Wildman–Crippen MR) is 99.0 cm³/mol. The first-order valence-electron chi connectivity index (χ1n) is 7.98. The van der Waals surface area contributed by atoms with Crippen molar-refractivity contribution in [3.05, 3.63) is 59.0 Å². The van der Waals surface area contributed by atoms with Crippen LogP contribution in [0.1, 0.15) is 5.56 Å². The van der Waals surface area contributed by atoms with Crippen LogP contribution in [0, 0.1) is 0 Å². The van der Waals surface area contributed by atoms with Crippen molar-refractivity contribution < 1.29 is 17.9 Å². The van der Waals surface area contributed by atoms with E-state index in [1.807, 2.05) is 22.9 Å². The van der Waals surface area contributed by atoms with E-state index in [0.717, 1.165) is 16.7 Å². The third-order valence-electron chi connectivity index (χ3n) is 3.94. The lowest BCUT2D eigenvalue weighted by Gasteiger charge is -2.19. The van der Waals surface area contributed by atoms with E-state index in [9.17, 15) is 8.42 Å². The van der Waals surface area contributed by atoms with Crippen molar-refractivity contribution >= 4 is 21.4 Å². The minimum absolute atomic E-state index is 0.142. The summed E-state index contributed by atoms with van der Waals surface area (Å²) in [5.74, 6) is 1.00. The number of benzene rings is 1. The number of thiophene rings is 1. The van der Waals surface area contributed by atoms with Crippen LogP contribution in [0.25, 0.3) is 11.1 Å². The van der Waals surface area contributed by atoms with E-state index in [1.54, 1.807) is 29.8 Å². The maximum absolute atomic E-state index is 12.6. The van der Waals surface area contributed by atoms with Gasteiger partial charge in [0.1, 0.15) is 13.2 Å². The zero-order valence-electron chi connectivity index (χ0n) is 13.7. The summed E-state index contributed by atoms with van der Waals surface area (Å²) in [5, 5.41) is 4.02. The SMILES string of the molecule is O=S(=O)(NCc1cncc(-c2ccsc2)c1)c1ccc2c(c1)OCCO2. The molecule has 8 heteroatoms. The predicted octanol–water partition coefficient (Wildman–Crippen LogP) is 3.06. The summed E-state index contributed by atoms with van der Waals surface area (Å²) in [4.78, 5) is 4.35. The Bertz CT molecular complexity index is 1020. The van der Waals surface area contributed by atoms with Gasteiger partial charge in [0.25, 0.3) is 0 Å². The fourth-order valence-corrected chi connectivity index (χ4v) is 4.32. The molecule has 0 saturated carbocycles.